The standard InChI is InChI=1S/C12H15N3O2/c1-8-9(4-6-16)12-10(3-2-5-14-12)15(8)7-11(13)17/h2-3,5,16H,4,6-7H2,1H3,(H2,13,17). The van der Waals surface area contributed by atoms with Gasteiger partial charge in [-0.05, 0) is 25.5 Å². The summed E-state index contributed by atoms with van der Waals surface area (Å²) in [5, 5.41) is 9.07. The van der Waals surface area contributed by atoms with Gasteiger partial charge in [0.05, 0.1) is 11.0 Å². The van der Waals surface area contributed by atoms with Gasteiger partial charge in [-0.15, -0.1) is 0 Å². The number of primary amides is 1. The van der Waals surface area contributed by atoms with E-state index in [0.29, 0.717) is 6.42 Å². The fourth-order valence-corrected chi connectivity index (χ4v) is 2.13. The minimum absolute atomic E-state index is 0.0626. The maximum Gasteiger partial charge on any atom is 0.237 e. The Kier molecular flexibility index (Phi) is 3.10. The van der Waals surface area contributed by atoms with Crippen molar-refractivity contribution in [2.75, 3.05) is 6.61 Å². The summed E-state index contributed by atoms with van der Waals surface area (Å²) in [6.45, 7) is 2.11. The lowest BCUT2D eigenvalue weighted by atomic mass is 10.1. The van der Waals surface area contributed by atoms with Gasteiger partial charge in [0.2, 0.25) is 5.91 Å². The van der Waals surface area contributed by atoms with Crippen LogP contribution in [0.15, 0.2) is 18.3 Å². The number of hydrogen-bond acceptors (Lipinski definition) is 3. The summed E-state index contributed by atoms with van der Waals surface area (Å²) >= 11 is 0. The second-order valence-electron chi connectivity index (χ2n) is 3.96. The van der Waals surface area contributed by atoms with Gasteiger partial charge in [0.15, 0.2) is 0 Å². The quantitative estimate of drug-likeness (QED) is 0.800. The molecule has 3 N–H and O–H groups in total. The van der Waals surface area contributed by atoms with Gasteiger partial charge in [0.1, 0.15) is 6.54 Å². The molecule has 2 heterocycles. The fourth-order valence-electron chi connectivity index (χ4n) is 2.13. The highest BCUT2D eigenvalue weighted by Gasteiger charge is 2.15. The Morgan fingerprint density at radius 2 is 2.35 bits per heavy atom. The Morgan fingerprint density at radius 3 is 3.00 bits per heavy atom. The lowest BCUT2D eigenvalue weighted by Gasteiger charge is -2.05. The van der Waals surface area contributed by atoms with Crippen LogP contribution in [0.25, 0.3) is 11.0 Å². The number of rotatable bonds is 4. The summed E-state index contributed by atoms with van der Waals surface area (Å²) in [5.74, 6) is -0.385. The van der Waals surface area contributed by atoms with Crippen molar-refractivity contribution >= 4 is 16.9 Å². The molecule has 0 aromatic carbocycles. The summed E-state index contributed by atoms with van der Waals surface area (Å²) in [4.78, 5) is 15.4. The van der Waals surface area contributed by atoms with Crippen LogP contribution in [0.2, 0.25) is 0 Å². The predicted molar refractivity (Wildman–Crippen MR) is 64.5 cm³/mol. The van der Waals surface area contributed by atoms with Gasteiger partial charge >= 0.3 is 0 Å². The Hall–Kier alpha value is -1.88. The first-order chi connectivity index (χ1) is 8.15. The Labute approximate surface area is 98.9 Å². The number of nitrogens with zero attached hydrogens (tertiary/aromatic N) is 2. The third-order valence-corrected chi connectivity index (χ3v) is 2.88. The average molecular weight is 233 g/mol. The highest BCUT2D eigenvalue weighted by Crippen LogP contribution is 2.24. The van der Waals surface area contributed by atoms with Gasteiger partial charge in [0, 0.05) is 24.1 Å². The zero-order valence-corrected chi connectivity index (χ0v) is 9.68. The van der Waals surface area contributed by atoms with Gasteiger partial charge in [0.25, 0.3) is 0 Å². The number of pyridine rings is 1. The largest absolute Gasteiger partial charge is 0.396 e. The normalized spacial score (nSPS) is 10.9. The minimum Gasteiger partial charge on any atom is -0.396 e. The second kappa shape index (κ2) is 4.55. The first-order valence-electron chi connectivity index (χ1n) is 5.47. The third-order valence-electron chi connectivity index (χ3n) is 2.88. The van der Waals surface area contributed by atoms with Gasteiger partial charge in [-0.25, -0.2) is 0 Å². The van der Waals surface area contributed by atoms with E-state index in [1.54, 1.807) is 6.20 Å². The highest BCUT2D eigenvalue weighted by atomic mass is 16.3. The van der Waals surface area contributed by atoms with Crippen molar-refractivity contribution < 1.29 is 9.90 Å². The summed E-state index contributed by atoms with van der Waals surface area (Å²) in [6.07, 6.45) is 2.24. The number of amides is 1. The van der Waals surface area contributed by atoms with Crippen molar-refractivity contribution in [3.63, 3.8) is 0 Å². The van der Waals surface area contributed by atoms with E-state index in [1.165, 1.54) is 0 Å². The summed E-state index contributed by atoms with van der Waals surface area (Å²) < 4.78 is 1.84. The highest BCUT2D eigenvalue weighted by molar-refractivity contribution is 5.84. The summed E-state index contributed by atoms with van der Waals surface area (Å²) in [6, 6.07) is 3.72. The van der Waals surface area contributed by atoms with E-state index in [2.05, 4.69) is 4.98 Å². The minimum atomic E-state index is -0.385. The molecule has 2 aromatic rings. The summed E-state index contributed by atoms with van der Waals surface area (Å²) in [5.41, 5.74) is 8.87. The molecule has 17 heavy (non-hydrogen) atoms. The molecule has 2 rings (SSSR count). The third kappa shape index (κ3) is 2.01. The van der Waals surface area contributed by atoms with Crippen molar-refractivity contribution in [3.8, 4) is 0 Å². The van der Waals surface area contributed by atoms with E-state index in [4.69, 9.17) is 10.8 Å². The number of fused-ring (bicyclic) bond motifs is 1. The zero-order valence-electron chi connectivity index (χ0n) is 9.68. The monoisotopic (exact) mass is 233 g/mol. The SMILES string of the molecule is Cc1c(CCO)c2ncccc2n1CC(N)=O. The molecule has 5 heteroatoms. The van der Waals surface area contributed by atoms with E-state index in [-0.39, 0.29) is 19.1 Å². The molecule has 0 spiro atoms. The molecule has 0 unspecified atom stereocenters. The number of nitrogens with two attached hydrogens (primary N) is 1. The molecule has 1 amide bonds. The number of hydrogen-bond donors (Lipinski definition) is 2. The molecule has 2 aromatic heterocycles. The Bertz CT molecular complexity index is 560. The molecule has 90 valence electrons. The van der Waals surface area contributed by atoms with Gasteiger partial charge in [-0.1, -0.05) is 0 Å². The van der Waals surface area contributed by atoms with Crippen LogP contribution in [0.3, 0.4) is 0 Å². The number of carbonyl (C=O) groups excluding carboxylic acids is 1. The first-order valence-corrected chi connectivity index (χ1v) is 5.47. The van der Waals surface area contributed by atoms with E-state index in [9.17, 15) is 4.79 Å². The predicted octanol–water partition coefficient (Wildman–Crippen LogP) is 0.365. The van der Waals surface area contributed by atoms with E-state index < -0.39 is 0 Å². The Morgan fingerprint density at radius 1 is 1.59 bits per heavy atom. The fraction of sp³-hybridized carbons (Fsp3) is 0.333. The molecule has 0 aliphatic rings. The number of aliphatic hydroxyl groups excluding tert-OH is 1. The smallest absolute Gasteiger partial charge is 0.237 e. The van der Waals surface area contributed by atoms with Crippen molar-refractivity contribution in [2.24, 2.45) is 5.73 Å². The first kappa shape index (κ1) is 11.6. The number of aliphatic hydroxyl groups is 1. The van der Waals surface area contributed by atoms with Crippen molar-refractivity contribution in [1.82, 2.24) is 9.55 Å². The molecule has 0 aliphatic heterocycles. The molecule has 0 radical (unpaired) electrons. The molecular weight excluding hydrogens is 218 g/mol. The van der Waals surface area contributed by atoms with Crippen LogP contribution < -0.4 is 5.73 Å². The molecule has 0 fully saturated rings. The summed E-state index contributed by atoms with van der Waals surface area (Å²) in [7, 11) is 0. The molecule has 5 nitrogen and oxygen atoms in total. The van der Waals surface area contributed by atoms with Crippen molar-refractivity contribution in [2.45, 2.75) is 19.9 Å². The molecule has 0 saturated heterocycles. The average Bonchev–Trinajstić information content (AvgIpc) is 2.55. The van der Waals surface area contributed by atoms with Crippen LogP contribution in [0, 0.1) is 6.92 Å². The lowest BCUT2D eigenvalue weighted by Crippen LogP contribution is -2.19. The van der Waals surface area contributed by atoms with Crippen molar-refractivity contribution in [1.29, 1.82) is 0 Å². The van der Waals surface area contributed by atoms with Crippen LogP contribution in [0.4, 0.5) is 0 Å². The lowest BCUT2D eigenvalue weighted by molar-refractivity contribution is -0.118. The van der Waals surface area contributed by atoms with Crippen LogP contribution in [-0.4, -0.2) is 27.2 Å². The van der Waals surface area contributed by atoms with Gasteiger partial charge < -0.3 is 15.4 Å². The molecule has 0 atom stereocenters. The van der Waals surface area contributed by atoms with Crippen LogP contribution >= 0.6 is 0 Å². The number of aromatic nitrogens is 2. The van der Waals surface area contributed by atoms with Crippen LogP contribution in [0.5, 0.6) is 0 Å². The molecule has 0 aliphatic carbocycles. The van der Waals surface area contributed by atoms with Crippen LogP contribution in [-0.2, 0) is 17.8 Å². The Balaban J connectivity index is 2.65. The molecular formula is C12H15N3O2. The maximum atomic E-state index is 11.1. The van der Waals surface area contributed by atoms with E-state index in [1.807, 2.05) is 23.6 Å². The zero-order chi connectivity index (χ0) is 12.4. The topological polar surface area (TPSA) is 81.1 Å². The van der Waals surface area contributed by atoms with E-state index in [0.717, 1.165) is 22.3 Å². The molecule has 0 bridgehead atoms. The van der Waals surface area contributed by atoms with E-state index >= 15 is 0 Å². The van der Waals surface area contributed by atoms with Crippen LogP contribution in [0.1, 0.15) is 11.3 Å². The van der Waals surface area contributed by atoms with Gasteiger partial charge in [-0.3, -0.25) is 9.78 Å². The molecule has 0 saturated carbocycles. The second-order valence-corrected chi connectivity index (χ2v) is 3.96. The van der Waals surface area contributed by atoms with Gasteiger partial charge in [-0.2, -0.15) is 0 Å². The van der Waals surface area contributed by atoms with Crippen molar-refractivity contribution in [3.05, 3.63) is 29.6 Å². The number of carbonyl (C=O) groups is 1. The maximum absolute atomic E-state index is 11.1.